The highest BCUT2D eigenvalue weighted by Gasteiger charge is 2.19. The van der Waals surface area contributed by atoms with Gasteiger partial charge in [0.2, 0.25) is 5.91 Å². The Balaban J connectivity index is 1.53. The first-order valence-electron chi connectivity index (χ1n) is 9.51. The van der Waals surface area contributed by atoms with Crippen LogP contribution in [0.5, 0.6) is 0 Å². The molecule has 1 aromatic heterocycles. The number of carbonyl (C=O) groups is 1. The lowest BCUT2D eigenvalue weighted by Gasteiger charge is -2.26. The highest BCUT2D eigenvalue weighted by atomic mass is 16.5. The molecular weight excluding hydrogens is 326 g/mol. The van der Waals surface area contributed by atoms with E-state index in [0.29, 0.717) is 12.7 Å². The highest BCUT2D eigenvalue weighted by Crippen LogP contribution is 2.26. The third kappa shape index (κ3) is 5.18. The fourth-order valence-electron chi connectivity index (χ4n) is 3.65. The van der Waals surface area contributed by atoms with Crippen LogP contribution in [0.4, 0.5) is 5.69 Å². The summed E-state index contributed by atoms with van der Waals surface area (Å²) in [6.45, 7) is 7.00. The predicted molar refractivity (Wildman–Crippen MR) is 103 cm³/mol. The average Bonchev–Trinajstić information content (AvgIpc) is 2.90. The molecule has 1 aliphatic carbocycles. The van der Waals surface area contributed by atoms with Crippen molar-refractivity contribution in [1.82, 2.24) is 9.78 Å². The summed E-state index contributed by atoms with van der Waals surface area (Å²) in [4.78, 5) is 12.3. The van der Waals surface area contributed by atoms with Crippen LogP contribution in [-0.4, -0.2) is 21.8 Å². The Hall–Kier alpha value is -2.14. The van der Waals surface area contributed by atoms with Crippen LogP contribution >= 0.6 is 0 Å². The first-order valence-corrected chi connectivity index (χ1v) is 9.51. The van der Waals surface area contributed by atoms with Crippen molar-refractivity contribution in [3.8, 4) is 0 Å². The van der Waals surface area contributed by atoms with E-state index in [2.05, 4.69) is 17.3 Å². The molecule has 1 amide bonds. The van der Waals surface area contributed by atoms with E-state index in [4.69, 9.17) is 4.74 Å². The smallest absolute Gasteiger partial charge is 0.246 e. The second-order valence-corrected chi connectivity index (χ2v) is 7.54. The van der Waals surface area contributed by atoms with Crippen LogP contribution in [0.25, 0.3) is 0 Å². The van der Waals surface area contributed by atoms with Crippen molar-refractivity contribution in [2.24, 2.45) is 5.92 Å². The van der Waals surface area contributed by atoms with Crippen LogP contribution < -0.4 is 5.32 Å². The third-order valence-corrected chi connectivity index (χ3v) is 4.98. The standard InChI is InChI=1S/C21H29N3O2/c1-15-6-4-9-20(10-15)26-14-18-7-5-8-19(12-18)22-21(25)13-24-17(3)11-16(2)23-24/h5,7-8,11-12,15,20H,4,6,9-10,13-14H2,1-3H3,(H,22,25)/t15-,20-/m1/s1. The van der Waals surface area contributed by atoms with Gasteiger partial charge in [0, 0.05) is 11.4 Å². The molecule has 0 unspecified atom stereocenters. The van der Waals surface area contributed by atoms with Crippen molar-refractivity contribution >= 4 is 11.6 Å². The first kappa shape index (κ1) is 18.6. The molecule has 0 aliphatic heterocycles. The van der Waals surface area contributed by atoms with Crippen molar-refractivity contribution in [1.29, 1.82) is 0 Å². The van der Waals surface area contributed by atoms with Gasteiger partial charge in [0.05, 0.1) is 18.4 Å². The second kappa shape index (κ2) is 8.49. The van der Waals surface area contributed by atoms with Crippen molar-refractivity contribution in [2.45, 2.75) is 65.7 Å². The average molecular weight is 355 g/mol. The molecule has 5 heteroatoms. The van der Waals surface area contributed by atoms with Gasteiger partial charge in [-0.2, -0.15) is 5.10 Å². The predicted octanol–water partition coefficient (Wildman–Crippen LogP) is 4.23. The molecule has 1 N–H and O–H groups in total. The molecule has 1 fully saturated rings. The number of carbonyl (C=O) groups excluding carboxylic acids is 1. The van der Waals surface area contributed by atoms with Crippen molar-refractivity contribution in [3.63, 3.8) is 0 Å². The van der Waals surface area contributed by atoms with Gasteiger partial charge in [-0.05, 0) is 56.4 Å². The van der Waals surface area contributed by atoms with Gasteiger partial charge in [0.1, 0.15) is 6.54 Å². The van der Waals surface area contributed by atoms with Gasteiger partial charge in [-0.15, -0.1) is 0 Å². The third-order valence-electron chi connectivity index (χ3n) is 4.98. The normalized spacial score (nSPS) is 20.1. The zero-order chi connectivity index (χ0) is 18.5. The van der Waals surface area contributed by atoms with Gasteiger partial charge in [-0.1, -0.05) is 31.9 Å². The Labute approximate surface area is 155 Å². The minimum Gasteiger partial charge on any atom is -0.374 e. The Morgan fingerprint density at radius 2 is 2.15 bits per heavy atom. The fraction of sp³-hybridized carbons (Fsp3) is 0.524. The summed E-state index contributed by atoms with van der Waals surface area (Å²) in [6, 6.07) is 9.87. The van der Waals surface area contributed by atoms with E-state index in [-0.39, 0.29) is 12.5 Å². The summed E-state index contributed by atoms with van der Waals surface area (Å²) < 4.78 is 7.81. The number of benzene rings is 1. The van der Waals surface area contributed by atoms with Gasteiger partial charge in [0.15, 0.2) is 0 Å². The molecule has 0 radical (unpaired) electrons. The molecule has 1 heterocycles. The summed E-state index contributed by atoms with van der Waals surface area (Å²) in [5, 5.41) is 7.29. The SMILES string of the molecule is Cc1cc(C)n(CC(=O)Nc2cccc(CO[C@@H]3CCC[C@@H](C)C3)c2)n1. The number of nitrogens with one attached hydrogen (secondary N) is 1. The zero-order valence-electron chi connectivity index (χ0n) is 16.0. The maximum Gasteiger partial charge on any atom is 0.246 e. The molecule has 1 aromatic carbocycles. The summed E-state index contributed by atoms with van der Waals surface area (Å²) in [5.74, 6) is 0.684. The van der Waals surface area contributed by atoms with Gasteiger partial charge in [-0.25, -0.2) is 0 Å². The van der Waals surface area contributed by atoms with Gasteiger partial charge in [0.25, 0.3) is 0 Å². The van der Waals surface area contributed by atoms with E-state index in [1.807, 2.05) is 44.2 Å². The van der Waals surface area contributed by atoms with Crippen LogP contribution in [-0.2, 0) is 22.7 Å². The largest absolute Gasteiger partial charge is 0.374 e. The lowest BCUT2D eigenvalue weighted by Crippen LogP contribution is -2.21. The van der Waals surface area contributed by atoms with Gasteiger partial charge < -0.3 is 10.1 Å². The number of nitrogens with zero attached hydrogens (tertiary/aromatic N) is 2. The Morgan fingerprint density at radius 1 is 1.31 bits per heavy atom. The topological polar surface area (TPSA) is 56.2 Å². The molecule has 140 valence electrons. The molecule has 2 aromatic rings. The van der Waals surface area contributed by atoms with Crippen LogP contribution in [0, 0.1) is 19.8 Å². The number of hydrogen-bond donors (Lipinski definition) is 1. The highest BCUT2D eigenvalue weighted by molar-refractivity contribution is 5.90. The van der Waals surface area contributed by atoms with Crippen LogP contribution in [0.3, 0.4) is 0 Å². The number of amides is 1. The molecule has 26 heavy (non-hydrogen) atoms. The number of hydrogen-bond acceptors (Lipinski definition) is 3. The molecule has 0 spiro atoms. The van der Waals surface area contributed by atoms with Crippen LogP contribution in [0.2, 0.25) is 0 Å². The van der Waals surface area contributed by atoms with E-state index in [0.717, 1.165) is 41.4 Å². The molecule has 2 atom stereocenters. The van der Waals surface area contributed by atoms with E-state index >= 15 is 0 Å². The maximum absolute atomic E-state index is 12.3. The van der Waals surface area contributed by atoms with E-state index < -0.39 is 0 Å². The van der Waals surface area contributed by atoms with Gasteiger partial charge in [-0.3, -0.25) is 9.48 Å². The Morgan fingerprint density at radius 3 is 2.88 bits per heavy atom. The van der Waals surface area contributed by atoms with Crippen LogP contribution in [0.15, 0.2) is 30.3 Å². The summed E-state index contributed by atoms with van der Waals surface area (Å²) in [5.41, 5.74) is 3.80. The number of ether oxygens (including phenoxy) is 1. The van der Waals surface area contributed by atoms with Crippen molar-refractivity contribution in [3.05, 3.63) is 47.3 Å². The molecule has 1 aliphatic rings. The molecular formula is C21H29N3O2. The van der Waals surface area contributed by atoms with Crippen molar-refractivity contribution in [2.75, 3.05) is 5.32 Å². The van der Waals surface area contributed by atoms with E-state index in [1.54, 1.807) is 4.68 Å². The van der Waals surface area contributed by atoms with Gasteiger partial charge >= 0.3 is 0 Å². The lowest BCUT2D eigenvalue weighted by molar-refractivity contribution is -0.116. The lowest BCUT2D eigenvalue weighted by atomic mass is 9.89. The molecule has 0 bridgehead atoms. The molecule has 5 nitrogen and oxygen atoms in total. The monoisotopic (exact) mass is 355 g/mol. The summed E-state index contributed by atoms with van der Waals surface area (Å²) >= 11 is 0. The Kier molecular flexibility index (Phi) is 6.09. The van der Waals surface area contributed by atoms with Crippen LogP contribution in [0.1, 0.15) is 49.6 Å². The second-order valence-electron chi connectivity index (χ2n) is 7.54. The fourth-order valence-corrected chi connectivity index (χ4v) is 3.65. The summed E-state index contributed by atoms with van der Waals surface area (Å²) in [7, 11) is 0. The number of aryl methyl sites for hydroxylation is 2. The number of rotatable bonds is 6. The molecule has 3 rings (SSSR count). The quantitative estimate of drug-likeness (QED) is 0.843. The summed E-state index contributed by atoms with van der Waals surface area (Å²) in [6.07, 6.45) is 5.25. The van der Waals surface area contributed by atoms with E-state index in [9.17, 15) is 4.79 Å². The van der Waals surface area contributed by atoms with E-state index in [1.165, 1.54) is 12.8 Å². The number of aromatic nitrogens is 2. The minimum atomic E-state index is -0.0737. The molecule has 1 saturated carbocycles. The zero-order valence-corrected chi connectivity index (χ0v) is 16.0. The Bertz CT molecular complexity index is 753. The number of anilines is 1. The molecule has 0 saturated heterocycles. The first-order chi connectivity index (χ1) is 12.5. The maximum atomic E-state index is 12.3. The van der Waals surface area contributed by atoms with Crippen molar-refractivity contribution < 1.29 is 9.53 Å². The minimum absolute atomic E-state index is 0.0737.